The number of ether oxygens (including phenoxy) is 1. The normalized spacial score (nSPS) is 19.3. The van der Waals surface area contributed by atoms with E-state index < -0.39 is 5.41 Å². The van der Waals surface area contributed by atoms with Crippen molar-refractivity contribution in [3.05, 3.63) is 102 Å². The second kappa shape index (κ2) is 12.6. The van der Waals surface area contributed by atoms with Gasteiger partial charge in [0.1, 0.15) is 24.3 Å². The van der Waals surface area contributed by atoms with Crippen molar-refractivity contribution in [2.45, 2.75) is 44.1 Å². The van der Waals surface area contributed by atoms with E-state index in [1.54, 1.807) is 0 Å². The van der Waals surface area contributed by atoms with E-state index in [-0.39, 0.29) is 28.8 Å². The number of carbonyl (C=O) groups excluding carboxylic acids is 1. The predicted octanol–water partition coefficient (Wildman–Crippen LogP) is 1.85. The van der Waals surface area contributed by atoms with E-state index in [2.05, 4.69) is 40.7 Å². The third-order valence-electron chi connectivity index (χ3n) is 8.37. The van der Waals surface area contributed by atoms with Gasteiger partial charge >= 0.3 is 0 Å². The zero-order valence-electron chi connectivity index (χ0n) is 22.1. The zero-order chi connectivity index (χ0) is 25.7. The smallest absolute Gasteiger partial charge is 0.244 e. The Labute approximate surface area is 237 Å². The Balaban J connectivity index is 0.00000336. The van der Waals surface area contributed by atoms with Crippen molar-refractivity contribution in [1.82, 2.24) is 4.90 Å². The number of carbonyl (C=O) groups is 1. The van der Waals surface area contributed by atoms with Crippen molar-refractivity contribution in [2.75, 3.05) is 26.2 Å². The van der Waals surface area contributed by atoms with Crippen molar-refractivity contribution in [2.24, 2.45) is 11.7 Å². The quantitative estimate of drug-likeness (QED) is 0.296. The van der Waals surface area contributed by atoms with E-state index in [0.717, 1.165) is 62.2 Å². The summed E-state index contributed by atoms with van der Waals surface area (Å²) in [4.78, 5) is 16.0. The van der Waals surface area contributed by atoms with Crippen molar-refractivity contribution in [1.29, 1.82) is 0 Å². The van der Waals surface area contributed by atoms with E-state index >= 15 is 0 Å². The summed E-state index contributed by atoms with van der Waals surface area (Å²) in [6.07, 6.45) is 3.99. The molecule has 5 nitrogen and oxygen atoms in total. The highest BCUT2D eigenvalue weighted by atomic mass is 79.9. The molecule has 0 unspecified atom stereocenters. The molecule has 200 valence electrons. The third kappa shape index (κ3) is 5.51. The molecular formula is C32H38BrN3O2. The number of hydrogen-bond donors (Lipinski definition) is 1. The maximum absolute atomic E-state index is 13.4. The molecule has 0 spiro atoms. The maximum atomic E-state index is 13.4. The third-order valence-corrected chi connectivity index (χ3v) is 8.37. The Morgan fingerprint density at radius 3 is 2.11 bits per heavy atom. The van der Waals surface area contributed by atoms with Gasteiger partial charge in [0, 0.05) is 13.3 Å². The van der Waals surface area contributed by atoms with Crippen molar-refractivity contribution < 1.29 is 31.1 Å². The van der Waals surface area contributed by atoms with Gasteiger partial charge in [-0.15, -0.1) is 0 Å². The number of hydrogen-bond acceptors (Lipinski definition) is 3. The first-order valence-corrected chi connectivity index (χ1v) is 13.5. The molecule has 0 aromatic heterocycles. The molecule has 1 aliphatic heterocycles. The number of para-hydroxylation sites is 1. The summed E-state index contributed by atoms with van der Waals surface area (Å²) in [5.41, 5.74) is 7.48. The molecule has 6 heteroatoms. The predicted molar refractivity (Wildman–Crippen MR) is 148 cm³/mol. The number of nitrogens with zero attached hydrogens (tertiary/aromatic N) is 2. The summed E-state index contributed by atoms with van der Waals surface area (Å²) >= 11 is 0. The standard InChI is InChI=1S/C32H37N3O2.BrH/c1-25-34(20-11-23-37-30-16-9-4-10-17-30)21-22-35(25)29-19-18-28(24-29)32(31(33)36,26-12-5-2-6-13-26)27-14-7-3-8-15-27;/h2-10,12-17,28-29H,11,18-24H2,1H3,(H-,33,36);1H/t28-,29+;/m0./s1. The minimum Gasteiger partial charge on any atom is -1.00 e. The molecule has 2 N–H and O–H groups in total. The summed E-state index contributed by atoms with van der Waals surface area (Å²) in [6, 6.07) is 30.8. The van der Waals surface area contributed by atoms with Crippen LogP contribution in [0, 0.1) is 5.92 Å². The van der Waals surface area contributed by atoms with Crippen LogP contribution in [0.25, 0.3) is 0 Å². The van der Waals surface area contributed by atoms with Crippen LogP contribution in [-0.2, 0) is 10.2 Å². The lowest BCUT2D eigenvalue weighted by molar-refractivity contribution is -0.519. The molecule has 1 saturated carbocycles. The molecule has 1 heterocycles. The van der Waals surface area contributed by atoms with E-state index in [9.17, 15) is 4.79 Å². The average Bonchev–Trinajstić information content (AvgIpc) is 3.56. The van der Waals surface area contributed by atoms with Crippen LogP contribution < -0.4 is 27.5 Å². The van der Waals surface area contributed by atoms with E-state index in [0.29, 0.717) is 12.6 Å². The Bertz CT molecular complexity index is 1180. The highest BCUT2D eigenvalue weighted by Gasteiger charge is 2.52. The van der Waals surface area contributed by atoms with Crippen LogP contribution in [0.1, 0.15) is 43.7 Å². The molecule has 0 bridgehead atoms. The van der Waals surface area contributed by atoms with E-state index in [1.165, 1.54) is 5.84 Å². The molecule has 2 atom stereocenters. The second-order valence-electron chi connectivity index (χ2n) is 10.3. The van der Waals surface area contributed by atoms with Crippen molar-refractivity contribution in [3.8, 4) is 5.75 Å². The minimum atomic E-state index is -0.820. The van der Waals surface area contributed by atoms with Gasteiger partial charge in [0.25, 0.3) is 0 Å². The Morgan fingerprint density at radius 1 is 0.947 bits per heavy atom. The molecular weight excluding hydrogens is 538 g/mol. The fraction of sp³-hybridized carbons (Fsp3) is 0.375. The lowest BCUT2D eigenvalue weighted by Crippen LogP contribution is -3.00. The highest BCUT2D eigenvalue weighted by Crippen LogP contribution is 2.48. The molecule has 3 aromatic carbocycles. The Kier molecular flexibility index (Phi) is 9.26. The summed E-state index contributed by atoms with van der Waals surface area (Å²) < 4.78 is 8.38. The summed E-state index contributed by atoms with van der Waals surface area (Å²) in [7, 11) is 0. The molecule has 1 aliphatic carbocycles. The topological polar surface area (TPSA) is 58.6 Å². The largest absolute Gasteiger partial charge is 1.00 e. The van der Waals surface area contributed by atoms with Crippen molar-refractivity contribution >= 4 is 11.7 Å². The number of benzene rings is 3. The molecule has 38 heavy (non-hydrogen) atoms. The number of nitrogens with two attached hydrogens (primary N) is 1. The number of halogens is 1. The first kappa shape index (κ1) is 27.9. The molecule has 1 fully saturated rings. The molecule has 0 saturated heterocycles. The van der Waals surface area contributed by atoms with Crippen LogP contribution >= 0.6 is 0 Å². The summed E-state index contributed by atoms with van der Waals surface area (Å²) in [5, 5.41) is 0. The number of rotatable bonds is 10. The monoisotopic (exact) mass is 575 g/mol. The van der Waals surface area contributed by atoms with Crippen LogP contribution in [0.2, 0.25) is 0 Å². The minimum absolute atomic E-state index is 0. The number of amides is 1. The molecule has 3 aromatic rings. The van der Waals surface area contributed by atoms with Gasteiger partial charge in [-0.05, 0) is 48.4 Å². The fourth-order valence-corrected chi connectivity index (χ4v) is 6.58. The van der Waals surface area contributed by atoms with Gasteiger partial charge in [0.2, 0.25) is 11.7 Å². The van der Waals surface area contributed by atoms with Crippen LogP contribution in [0.3, 0.4) is 0 Å². The highest BCUT2D eigenvalue weighted by molar-refractivity contribution is 5.91. The molecule has 0 radical (unpaired) electrons. The van der Waals surface area contributed by atoms with Crippen LogP contribution in [-0.4, -0.2) is 53.5 Å². The van der Waals surface area contributed by atoms with E-state index in [1.807, 2.05) is 66.7 Å². The number of primary amides is 1. The van der Waals surface area contributed by atoms with Gasteiger partial charge in [-0.1, -0.05) is 78.9 Å². The van der Waals surface area contributed by atoms with Gasteiger partial charge in [-0.25, -0.2) is 0 Å². The van der Waals surface area contributed by atoms with Crippen molar-refractivity contribution in [3.63, 3.8) is 0 Å². The second-order valence-corrected chi connectivity index (χ2v) is 10.3. The number of amidine groups is 1. The fourth-order valence-electron chi connectivity index (χ4n) is 6.58. The van der Waals surface area contributed by atoms with Crippen LogP contribution in [0.5, 0.6) is 5.75 Å². The maximum Gasteiger partial charge on any atom is 0.244 e. The van der Waals surface area contributed by atoms with E-state index in [4.69, 9.17) is 10.5 Å². The van der Waals surface area contributed by atoms with Crippen LogP contribution in [0.15, 0.2) is 91.0 Å². The Hall–Kier alpha value is -3.12. The molecule has 1 amide bonds. The molecule has 2 aliphatic rings. The van der Waals surface area contributed by atoms with Gasteiger partial charge in [-0.2, -0.15) is 0 Å². The van der Waals surface area contributed by atoms with Gasteiger partial charge in [-0.3, -0.25) is 14.3 Å². The zero-order valence-corrected chi connectivity index (χ0v) is 23.7. The first-order valence-electron chi connectivity index (χ1n) is 13.5. The molecule has 5 rings (SSSR count). The summed E-state index contributed by atoms with van der Waals surface area (Å²) in [6.45, 7) is 6.02. The van der Waals surface area contributed by atoms with Gasteiger partial charge in [0.05, 0.1) is 19.2 Å². The first-order chi connectivity index (χ1) is 18.1. The van der Waals surface area contributed by atoms with Gasteiger partial charge < -0.3 is 27.5 Å². The van der Waals surface area contributed by atoms with Gasteiger partial charge in [0.15, 0.2) is 0 Å². The average molecular weight is 577 g/mol. The lowest BCUT2D eigenvalue weighted by Gasteiger charge is -2.37. The summed E-state index contributed by atoms with van der Waals surface area (Å²) in [5.74, 6) is 2.17. The Morgan fingerprint density at radius 2 is 1.53 bits per heavy atom. The lowest BCUT2D eigenvalue weighted by atomic mass is 9.64. The van der Waals surface area contributed by atoms with Crippen LogP contribution in [0.4, 0.5) is 0 Å². The SMILES string of the molecule is CC1=[N+](CCCOc2ccccc2)CCN1[C@@H]1CC[C@H](C(C(N)=O)(c2ccccc2)c2ccccc2)C1.[Br-].